The number of benzene rings is 1. The highest BCUT2D eigenvalue weighted by atomic mass is 16.4. The summed E-state index contributed by atoms with van der Waals surface area (Å²) in [6.45, 7) is 0. The molecule has 0 radical (unpaired) electrons. The molecule has 6 nitrogen and oxygen atoms in total. The number of carboxylic acids is 1. The number of para-hydroxylation sites is 1. The zero-order valence-corrected chi connectivity index (χ0v) is 10.4. The van der Waals surface area contributed by atoms with Gasteiger partial charge in [-0.2, -0.15) is 0 Å². The minimum Gasteiger partial charge on any atom is -0.480 e. The molecule has 1 aromatic carbocycles. The zero-order valence-electron chi connectivity index (χ0n) is 10.4. The Morgan fingerprint density at radius 3 is 2.80 bits per heavy atom. The Morgan fingerprint density at radius 1 is 1.35 bits per heavy atom. The molecule has 2 N–H and O–H groups in total. The standard InChI is InChI=1S/C14H11N3O3/c1-2-4-11(14(19)20)17-13(18)9-5-3-6-10-12(9)16-8-7-15-10/h1,3,5-8,11H,4H2,(H,17,18)(H,19,20). The van der Waals surface area contributed by atoms with E-state index in [1.54, 1.807) is 18.2 Å². The van der Waals surface area contributed by atoms with Gasteiger partial charge in [-0.05, 0) is 12.1 Å². The SMILES string of the molecule is C#CCC(NC(=O)c1cccc2nccnc12)C(=O)O. The average Bonchev–Trinajstić information content (AvgIpc) is 2.46. The minimum absolute atomic E-state index is 0.0858. The van der Waals surface area contributed by atoms with Gasteiger partial charge in [0.15, 0.2) is 0 Å². The maximum atomic E-state index is 12.1. The first kappa shape index (κ1) is 13.5. The molecule has 1 aromatic heterocycles. The van der Waals surface area contributed by atoms with Crippen LogP contribution in [-0.4, -0.2) is 33.0 Å². The van der Waals surface area contributed by atoms with Crippen LogP contribution in [0.5, 0.6) is 0 Å². The summed E-state index contributed by atoms with van der Waals surface area (Å²) in [7, 11) is 0. The highest BCUT2D eigenvalue weighted by Gasteiger charge is 2.21. The molecule has 2 aromatic rings. The molecule has 6 heteroatoms. The Balaban J connectivity index is 2.32. The van der Waals surface area contributed by atoms with E-state index in [1.165, 1.54) is 12.4 Å². The van der Waals surface area contributed by atoms with Crippen LogP contribution in [0.3, 0.4) is 0 Å². The van der Waals surface area contributed by atoms with Crippen molar-refractivity contribution >= 4 is 22.9 Å². The van der Waals surface area contributed by atoms with Gasteiger partial charge in [0.1, 0.15) is 11.6 Å². The van der Waals surface area contributed by atoms with Gasteiger partial charge in [-0.25, -0.2) is 4.79 Å². The number of carboxylic acid groups (broad SMARTS) is 1. The van der Waals surface area contributed by atoms with Crippen LogP contribution >= 0.6 is 0 Å². The lowest BCUT2D eigenvalue weighted by Gasteiger charge is -2.12. The van der Waals surface area contributed by atoms with Crippen LogP contribution in [0.25, 0.3) is 11.0 Å². The number of fused-ring (bicyclic) bond motifs is 1. The van der Waals surface area contributed by atoms with Crippen LogP contribution in [-0.2, 0) is 4.79 Å². The van der Waals surface area contributed by atoms with Crippen LogP contribution < -0.4 is 5.32 Å². The van der Waals surface area contributed by atoms with E-state index in [2.05, 4.69) is 21.2 Å². The summed E-state index contributed by atoms with van der Waals surface area (Å²) in [6, 6.07) is 3.80. The molecule has 1 unspecified atom stereocenters. The topological polar surface area (TPSA) is 92.2 Å². The van der Waals surface area contributed by atoms with Gasteiger partial charge >= 0.3 is 5.97 Å². The molecular formula is C14H11N3O3. The summed E-state index contributed by atoms with van der Waals surface area (Å²) in [5.41, 5.74) is 1.24. The predicted molar refractivity (Wildman–Crippen MR) is 71.9 cm³/mol. The summed E-state index contributed by atoms with van der Waals surface area (Å²) in [5.74, 6) is 0.499. The summed E-state index contributed by atoms with van der Waals surface area (Å²) in [6.07, 6.45) is 7.98. The van der Waals surface area contributed by atoms with Gasteiger partial charge in [-0.15, -0.1) is 12.3 Å². The van der Waals surface area contributed by atoms with Gasteiger partial charge in [-0.3, -0.25) is 14.8 Å². The lowest BCUT2D eigenvalue weighted by molar-refractivity contribution is -0.139. The fraction of sp³-hybridized carbons (Fsp3) is 0.143. The Kier molecular flexibility index (Phi) is 3.91. The van der Waals surface area contributed by atoms with Gasteiger partial charge in [0.25, 0.3) is 5.91 Å². The molecular weight excluding hydrogens is 258 g/mol. The molecule has 0 spiro atoms. The van der Waals surface area contributed by atoms with Crippen molar-refractivity contribution in [3.05, 3.63) is 36.2 Å². The third-order valence-corrected chi connectivity index (χ3v) is 2.67. The first-order valence-electron chi connectivity index (χ1n) is 5.80. The molecule has 0 saturated heterocycles. The molecule has 0 aliphatic rings. The van der Waals surface area contributed by atoms with Gasteiger partial charge < -0.3 is 10.4 Å². The highest BCUT2D eigenvalue weighted by molar-refractivity contribution is 6.05. The first-order chi connectivity index (χ1) is 9.63. The van der Waals surface area contributed by atoms with Crippen molar-refractivity contribution in [2.45, 2.75) is 12.5 Å². The van der Waals surface area contributed by atoms with Crippen LogP contribution in [0.4, 0.5) is 0 Å². The number of carbonyl (C=O) groups excluding carboxylic acids is 1. The molecule has 20 heavy (non-hydrogen) atoms. The van der Waals surface area contributed by atoms with Crippen molar-refractivity contribution < 1.29 is 14.7 Å². The summed E-state index contributed by atoms with van der Waals surface area (Å²) >= 11 is 0. The molecule has 0 saturated carbocycles. The Bertz CT molecular complexity index is 701. The average molecular weight is 269 g/mol. The summed E-state index contributed by atoms with van der Waals surface area (Å²) in [4.78, 5) is 31.3. The normalized spacial score (nSPS) is 11.6. The van der Waals surface area contributed by atoms with Gasteiger partial charge in [0.2, 0.25) is 0 Å². The van der Waals surface area contributed by atoms with E-state index in [-0.39, 0.29) is 12.0 Å². The maximum Gasteiger partial charge on any atom is 0.327 e. The Hall–Kier alpha value is -2.94. The van der Waals surface area contributed by atoms with Crippen LogP contribution in [0, 0.1) is 12.3 Å². The second kappa shape index (κ2) is 5.80. The van der Waals surface area contributed by atoms with Gasteiger partial charge in [0, 0.05) is 18.8 Å². The van der Waals surface area contributed by atoms with Crippen molar-refractivity contribution in [1.29, 1.82) is 0 Å². The number of aliphatic carboxylic acids is 1. The van der Waals surface area contributed by atoms with Crippen molar-refractivity contribution in [2.75, 3.05) is 0 Å². The van der Waals surface area contributed by atoms with Crippen molar-refractivity contribution in [2.24, 2.45) is 0 Å². The monoisotopic (exact) mass is 269 g/mol. The zero-order chi connectivity index (χ0) is 14.5. The number of aromatic nitrogens is 2. The second-order valence-corrected chi connectivity index (χ2v) is 4.00. The number of hydrogen-bond donors (Lipinski definition) is 2. The minimum atomic E-state index is -1.18. The Morgan fingerprint density at radius 2 is 2.10 bits per heavy atom. The van der Waals surface area contributed by atoms with E-state index in [1.807, 2.05) is 0 Å². The van der Waals surface area contributed by atoms with Gasteiger partial charge in [-0.1, -0.05) is 6.07 Å². The largest absolute Gasteiger partial charge is 0.480 e. The molecule has 1 heterocycles. The smallest absolute Gasteiger partial charge is 0.327 e. The van der Waals surface area contributed by atoms with Crippen molar-refractivity contribution in [3.8, 4) is 12.3 Å². The molecule has 0 aliphatic carbocycles. The first-order valence-corrected chi connectivity index (χ1v) is 5.80. The third-order valence-electron chi connectivity index (χ3n) is 2.67. The molecule has 1 amide bonds. The van der Waals surface area contributed by atoms with E-state index < -0.39 is 17.9 Å². The lowest BCUT2D eigenvalue weighted by Crippen LogP contribution is -2.40. The number of amides is 1. The number of terminal acetylenes is 1. The Labute approximate surface area is 114 Å². The molecule has 2 rings (SSSR count). The van der Waals surface area contributed by atoms with Crippen molar-refractivity contribution in [3.63, 3.8) is 0 Å². The lowest BCUT2D eigenvalue weighted by atomic mass is 10.1. The fourth-order valence-corrected chi connectivity index (χ4v) is 1.73. The van der Waals surface area contributed by atoms with Crippen LogP contribution in [0.15, 0.2) is 30.6 Å². The van der Waals surface area contributed by atoms with Crippen LogP contribution in [0.1, 0.15) is 16.8 Å². The second-order valence-electron chi connectivity index (χ2n) is 4.00. The third kappa shape index (κ3) is 2.72. The molecule has 1 atom stereocenters. The van der Waals surface area contributed by atoms with Crippen molar-refractivity contribution in [1.82, 2.24) is 15.3 Å². The number of nitrogens with zero attached hydrogens (tertiary/aromatic N) is 2. The van der Waals surface area contributed by atoms with Crippen LogP contribution in [0.2, 0.25) is 0 Å². The van der Waals surface area contributed by atoms with Gasteiger partial charge in [0.05, 0.1) is 11.1 Å². The maximum absolute atomic E-state index is 12.1. The fourth-order valence-electron chi connectivity index (χ4n) is 1.73. The molecule has 0 aliphatic heterocycles. The molecule has 0 bridgehead atoms. The van der Waals surface area contributed by atoms with E-state index in [9.17, 15) is 9.59 Å². The van der Waals surface area contributed by atoms with E-state index >= 15 is 0 Å². The predicted octanol–water partition coefficient (Wildman–Crippen LogP) is 0.836. The highest BCUT2D eigenvalue weighted by Crippen LogP contribution is 2.13. The number of hydrogen-bond acceptors (Lipinski definition) is 4. The van der Waals surface area contributed by atoms with E-state index in [0.29, 0.717) is 11.0 Å². The quantitative estimate of drug-likeness (QED) is 0.802. The molecule has 100 valence electrons. The number of nitrogens with one attached hydrogen (secondary N) is 1. The molecule has 0 fully saturated rings. The van der Waals surface area contributed by atoms with E-state index in [4.69, 9.17) is 11.5 Å². The number of rotatable bonds is 4. The summed E-state index contributed by atoms with van der Waals surface area (Å²) in [5, 5.41) is 11.4. The summed E-state index contributed by atoms with van der Waals surface area (Å²) < 4.78 is 0. The number of carbonyl (C=O) groups is 2. The van der Waals surface area contributed by atoms with E-state index in [0.717, 1.165) is 0 Å².